The fraction of sp³-hybridized carbons (Fsp3) is 0.357. The molecule has 2 aromatic heterocycles. The average molecular weight is 320 g/mol. The van der Waals surface area contributed by atoms with Crippen molar-refractivity contribution in [3.8, 4) is 0 Å². The molecule has 0 fully saturated rings. The Labute approximate surface area is 130 Å². The lowest BCUT2D eigenvalue weighted by Crippen LogP contribution is -2.46. The lowest BCUT2D eigenvalue weighted by atomic mass is 10.0. The van der Waals surface area contributed by atoms with Crippen LogP contribution < -0.4 is 21.9 Å². The first-order chi connectivity index (χ1) is 10.6. The molecule has 0 bridgehead atoms. The summed E-state index contributed by atoms with van der Waals surface area (Å²) in [5.41, 5.74) is 0.223. The number of carbonyl (C=O) groups excluding carboxylic acids is 1. The Morgan fingerprint density at radius 3 is 2.82 bits per heavy atom. The second-order valence-corrected chi connectivity index (χ2v) is 5.89. The van der Waals surface area contributed by atoms with Gasteiger partial charge in [0.05, 0.1) is 11.6 Å². The molecule has 1 atom stereocenters. The van der Waals surface area contributed by atoms with Crippen molar-refractivity contribution in [3.63, 3.8) is 0 Å². The van der Waals surface area contributed by atoms with Gasteiger partial charge in [0, 0.05) is 6.54 Å². The number of hydrogen-bond donors (Lipinski definition) is 3. The molecule has 1 aliphatic rings. The predicted octanol–water partition coefficient (Wildman–Crippen LogP) is 1.62. The smallest absolute Gasteiger partial charge is 0.327 e. The van der Waals surface area contributed by atoms with Crippen LogP contribution >= 0.6 is 11.3 Å². The van der Waals surface area contributed by atoms with Crippen molar-refractivity contribution in [3.05, 3.63) is 48.8 Å². The summed E-state index contributed by atoms with van der Waals surface area (Å²) in [4.78, 5) is 38.6. The number of rotatable bonds is 4. The normalized spacial score (nSPS) is 16.8. The molecule has 2 aromatic rings. The van der Waals surface area contributed by atoms with Crippen LogP contribution in [0.2, 0.25) is 0 Å². The van der Waals surface area contributed by atoms with Crippen molar-refractivity contribution in [2.75, 3.05) is 5.32 Å². The van der Waals surface area contributed by atoms with E-state index in [2.05, 4.69) is 15.6 Å². The Hall–Kier alpha value is -2.35. The Morgan fingerprint density at radius 2 is 2.14 bits per heavy atom. The summed E-state index contributed by atoms with van der Waals surface area (Å²) in [6.07, 6.45) is 1.69. The van der Waals surface area contributed by atoms with Crippen molar-refractivity contribution in [1.29, 1.82) is 0 Å². The molecule has 0 aromatic carbocycles. The largest absolute Gasteiger partial charge is 0.329 e. The highest BCUT2D eigenvalue weighted by Crippen LogP contribution is 2.29. The molecule has 8 heteroatoms. The van der Waals surface area contributed by atoms with Gasteiger partial charge in [0.15, 0.2) is 0 Å². The van der Waals surface area contributed by atoms with E-state index in [0.29, 0.717) is 17.9 Å². The highest BCUT2D eigenvalue weighted by atomic mass is 32.1. The number of nitrogens with one attached hydrogen (secondary N) is 3. The first-order valence-corrected chi connectivity index (χ1v) is 8.02. The van der Waals surface area contributed by atoms with E-state index in [4.69, 9.17) is 0 Å². The van der Waals surface area contributed by atoms with E-state index in [9.17, 15) is 14.4 Å². The number of aromatic amines is 1. The van der Waals surface area contributed by atoms with Crippen LogP contribution in [0, 0.1) is 0 Å². The Kier molecular flexibility index (Phi) is 3.84. The molecule has 22 heavy (non-hydrogen) atoms. The van der Waals surface area contributed by atoms with Gasteiger partial charge in [-0.2, -0.15) is 11.3 Å². The summed E-state index contributed by atoms with van der Waals surface area (Å²) in [6.45, 7) is 2.46. The van der Waals surface area contributed by atoms with Crippen molar-refractivity contribution in [2.45, 2.75) is 32.4 Å². The molecular formula is C14H16N4O3S. The van der Waals surface area contributed by atoms with Crippen LogP contribution in [0.25, 0.3) is 0 Å². The fourth-order valence-electron chi connectivity index (χ4n) is 2.55. The second-order valence-electron chi connectivity index (χ2n) is 5.11. The van der Waals surface area contributed by atoms with Gasteiger partial charge in [0.1, 0.15) is 5.82 Å². The van der Waals surface area contributed by atoms with E-state index < -0.39 is 23.3 Å². The number of aromatic nitrogens is 2. The average Bonchev–Trinajstić information content (AvgIpc) is 3.00. The van der Waals surface area contributed by atoms with Gasteiger partial charge in [-0.3, -0.25) is 19.7 Å². The first-order valence-electron chi connectivity index (χ1n) is 7.08. The van der Waals surface area contributed by atoms with Crippen LogP contribution in [0.15, 0.2) is 26.4 Å². The molecule has 3 heterocycles. The molecule has 0 radical (unpaired) electrons. The molecule has 0 aliphatic carbocycles. The summed E-state index contributed by atoms with van der Waals surface area (Å²) in [6, 6.07) is 0.886. The van der Waals surface area contributed by atoms with E-state index in [0.717, 1.165) is 18.4 Å². The zero-order valence-electron chi connectivity index (χ0n) is 12.0. The molecule has 116 valence electrons. The summed E-state index contributed by atoms with van der Waals surface area (Å²) in [7, 11) is 0. The molecule has 1 aliphatic heterocycles. The number of fused-ring (bicyclic) bond motifs is 1. The zero-order chi connectivity index (χ0) is 15.7. The van der Waals surface area contributed by atoms with Gasteiger partial charge in [-0.05, 0) is 28.8 Å². The van der Waals surface area contributed by atoms with E-state index >= 15 is 0 Å². The standard InChI is InChI=1S/C14H16N4O3S/c1-2-3-5-18-11-9(12(19)17-14(18)21)10(15-13(20)16-11)8-4-6-22-7-8/h4,6-7,10H,2-3,5H2,1H3,(H2,15,16,20)(H,17,19,21). The number of urea groups is 1. The maximum atomic E-state index is 12.3. The minimum absolute atomic E-state index is 0.294. The molecule has 7 nitrogen and oxygen atoms in total. The van der Waals surface area contributed by atoms with Crippen LogP contribution in [0.1, 0.15) is 36.9 Å². The van der Waals surface area contributed by atoms with Gasteiger partial charge in [-0.15, -0.1) is 0 Å². The summed E-state index contributed by atoms with van der Waals surface area (Å²) in [5, 5.41) is 9.10. The van der Waals surface area contributed by atoms with Gasteiger partial charge < -0.3 is 5.32 Å². The number of hydrogen-bond acceptors (Lipinski definition) is 4. The lowest BCUT2D eigenvalue weighted by Gasteiger charge is -2.27. The predicted molar refractivity (Wildman–Crippen MR) is 84.5 cm³/mol. The molecule has 0 saturated carbocycles. The number of unbranched alkanes of at least 4 members (excludes halogenated alkanes) is 1. The molecule has 1 unspecified atom stereocenters. The topological polar surface area (TPSA) is 96.0 Å². The Balaban J connectivity index is 2.20. The second kappa shape index (κ2) is 5.80. The van der Waals surface area contributed by atoms with Crippen LogP contribution in [0.4, 0.5) is 10.6 Å². The molecule has 0 saturated heterocycles. The van der Waals surface area contributed by atoms with Crippen LogP contribution in [0.3, 0.4) is 0 Å². The summed E-state index contributed by atoms with van der Waals surface area (Å²) < 4.78 is 1.43. The molecule has 0 spiro atoms. The van der Waals surface area contributed by atoms with Crippen LogP contribution in [-0.4, -0.2) is 15.6 Å². The third-order valence-electron chi connectivity index (χ3n) is 3.64. The Morgan fingerprint density at radius 1 is 1.32 bits per heavy atom. The maximum absolute atomic E-state index is 12.3. The van der Waals surface area contributed by atoms with Crippen molar-refractivity contribution in [2.24, 2.45) is 0 Å². The summed E-state index contributed by atoms with van der Waals surface area (Å²) >= 11 is 1.48. The zero-order valence-corrected chi connectivity index (χ0v) is 12.8. The number of H-pyrrole nitrogens is 1. The van der Waals surface area contributed by atoms with Crippen molar-refractivity contribution < 1.29 is 4.79 Å². The number of anilines is 1. The third-order valence-corrected chi connectivity index (χ3v) is 4.34. The minimum Gasteiger partial charge on any atom is -0.327 e. The number of thiophene rings is 1. The van der Waals surface area contributed by atoms with Crippen molar-refractivity contribution >= 4 is 23.2 Å². The van der Waals surface area contributed by atoms with E-state index in [1.165, 1.54) is 15.9 Å². The van der Waals surface area contributed by atoms with Gasteiger partial charge in [0.2, 0.25) is 0 Å². The fourth-order valence-corrected chi connectivity index (χ4v) is 3.24. The molecule has 3 rings (SSSR count). The third kappa shape index (κ3) is 2.45. The van der Waals surface area contributed by atoms with Gasteiger partial charge >= 0.3 is 11.7 Å². The number of amides is 2. The Bertz CT molecular complexity index is 806. The quantitative estimate of drug-likeness (QED) is 0.799. The van der Waals surface area contributed by atoms with E-state index in [1.54, 1.807) is 0 Å². The van der Waals surface area contributed by atoms with Crippen LogP contribution in [0.5, 0.6) is 0 Å². The molecule has 2 amide bonds. The lowest BCUT2D eigenvalue weighted by molar-refractivity contribution is 0.248. The van der Waals surface area contributed by atoms with E-state index in [-0.39, 0.29) is 0 Å². The minimum atomic E-state index is -0.549. The molecular weight excluding hydrogens is 304 g/mol. The highest BCUT2D eigenvalue weighted by molar-refractivity contribution is 7.08. The van der Waals surface area contributed by atoms with E-state index in [1.807, 2.05) is 23.8 Å². The SMILES string of the molecule is CCCCn1c2c(c(=O)[nH]c1=O)C(c1ccsc1)NC(=O)N2. The summed E-state index contributed by atoms with van der Waals surface area (Å²) in [5.74, 6) is 0.294. The van der Waals surface area contributed by atoms with Gasteiger partial charge in [-0.25, -0.2) is 9.59 Å². The van der Waals surface area contributed by atoms with Crippen LogP contribution in [-0.2, 0) is 6.54 Å². The van der Waals surface area contributed by atoms with Gasteiger partial charge in [-0.1, -0.05) is 13.3 Å². The number of carbonyl (C=O) groups is 1. The molecule has 3 N–H and O–H groups in total. The first kappa shape index (κ1) is 14.6. The monoisotopic (exact) mass is 320 g/mol. The highest BCUT2D eigenvalue weighted by Gasteiger charge is 2.31. The number of nitrogens with zero attached hydrogens (tertiary/aromatic N) is 1. The van der Waals surface area contributed by atoms with Crippen molar-refractivity contribution in [1.82, 2.24) is 14.9 Å². The maximum Gasteiger partial charge on any atom is 0.329 e. The van der Waals surface area contributed by atoms with Gasteiger partial charge in [0.25, 0.3) is 5.56 Å².